The molecule has 8 heteroatoms. The Morgan fingerprint density at radius 2 is 1.00 bits per heavy atom. The van der Waals surface area contributed by atoms with Crippen molar-refractivity contribution in [1.82, 2.24) is 0 Å². The highest BCUT2D eigenvalue weighted by Crippen LogP contribution is 2.52. The maximum absolute atomic E-state index is 13.9. The fourth-order valence-corrected chi connectivity index (χ4v) is 4.88. The Morgan fingerprint density at radius 1 is 0.590 bits per heavy atom. The van der Waals surface area contributed by atoms with Gasteiger partial charge in [-0.2, -0.15) is 0 Å². The quantitative estimate of drug-likeness (QED) is 0.144. The minimum absolute atomic E-state index is 0.0149. The monoisotopic (exact) mass is 546 g/mol. The van der Waals surface area contributed by atoms with Crippen LogP contribution >= 0.6 is 7.60 Å². The van der Waals surface area contributed by atoms with Crippen LogP contribution < -0.4 is 4.74 Å². The normalized spacial score (nSPS) is 12.6. The lowest BCUT2D eigenvalue weighted by molar-refractivity contribution is -0.0219. The zero-order chi connectivity index (χ0) is 27.2. The highest BCUT2D eigenvalue weighted by molar-refractivity contribution is 7.71. The molecule has 39 heavy (non-hydrogen) atoms. The molecule has 4 aromatic carbocycles. The van der Waals surface area contributed by atoms with E-state index in [9.17, 15) is 9.36 Å². The van der Waals surface area contributed by atoms with Crippen molar-refractivity contribution in [2.45, 2.75) is 25.9 Å². The molecule has 0 radical (unpaired) electrons. The van der Waals surface area contributed by atoms with E-state index in [4.69, 9.17) is 23.3 Å². The Hall–Kier alpha value is -3.58. The molecule has 0 aromatic heterocycles. The van der Waals surface area contributed by atoms with Gasteiger partial charge in [-0.3, -0.25) is 9.05 Å². The number of carbonyl (C=O) groups excluding carboxylic acids is 1. The van der Waals surface area contributed by atoms with E-state index in [1.165, 1.54) is 0 Å². The summed E-state index contributed by atoms with van der Waals surface area (Å²) in [6.45, 7) is 0.540. The predicted octanol–water partition coefficient (Wildman–Crippen LogP) is 7.41. The summed E-state index contributed by atoms with van der Waals surface area (Å²) in [5, 5.41) is 0. The van der Waals surface area contributed by atoms with Crippen LogP contribution in [0.4, 0.5) is 4.79 Å². The molecule has 7 nitrogen and oxygen atoms in total. The Balaban J connectivity index is 1.48. The maximum atomic E-state index is 13.9. The number of ether oxygens (including phenoxy) is 3. The van der Waals surface area contributed by atoms with Gasteiger partial charge in [0.1, 0.15) is 11.9 Å². The van der Waals surface area contributed by atoms with Crippen molar-refractivity contribution in [1.29, 1.82) is 0 Å². The van der Waals surface area contributed by atoms with Crippen molar-refractivity contribution in [2.24, 2.45) is 0 Å². The van der Waals surface area contributed by atoms with Gasteiger partial charge in [-0.25, -0.2) is 9.36 Å². The molecule has 4 rings (SSSR count). The van der Waals surface area contributed by atoms with E-state index in [1.807, 2.05) is 78.9 Å². The molecule has 202 valence electrons. The summed E-state index contributed by atoms with van der Waals surface area (Å²) >= 11 is 0. The first-order valence-electron chi connectivity index (χ1n) is 12.6. The van der Waals surface area contributed by atoms with Gasteiger partial charge in [-0.15, -0.1) is 0 Å². The van der Waals surface area contributed by atoms with Crippen molar-refractivity contribution in [3.63, 3.8) is 0 Å². The van der Waals surface area contributed by atoms with Crippen LogP contribution in [0.3, 0.4) is 0 Å². The minimum atomic E-state index is -4.44. The lowest BCUT2D eigenvalue weighted by atomic mass is 10.2. The number of hydrogen-bond donors (Lipinski definition) is 0. The third kappa shape index (κ3) is 9.59. The third-order valence-electron chi connectivity index (χ3n) is 5.53. The summed E-state index contributed by atoms with van der Waals surface area (Å²) in [5.41, 5.74) is 1.55. The smallest absolute Gasteiger partial charge is 0.417 e. The van der Waals surface area contributed by atoms with Gasteiger partial charge >= 0.3 is 13.3 Å². The summed E-state index contributed by atoms with van der Waals surface area (Å²) in [6, 6.07) is 36.7. The van der Waals surface area contributed by atoms with Gasteiger partial charge in [-0.05, 0) is 28.8 Å². The first kappa shape index (κ1) is 28.4. The van der Waals surface area contributed by atoms with Gasteiger partial charge < -0.3 is 14.2 Å². The largest absolute Gasteiger partial charge is 0.439 e. The van der Waals surface area contributed by atoms with Crippen LogP contribution in [-0.2, 0) is 42.9 Å². The Bertz CT molecular complexity index is 1260. The van der Waals surface area contributed by atoms with Gasteiger partial charge in [0.05, 0.1) is 33.0 Å². The fraction of sp³-hybridized carbons (Fsp3) is 0.194. The van der Waals surface area contributed by atoms with Crippen LogP contribution in [0.5, 0.6) is 5.75 Å². The first-order valence-corrected chi connectivity index (χ1v) is 14.1. The van der Waals surface area contributed by atoms with Crippen LogP contribution in [0.1, 0.15) is 16.7 Å². The summed E-state index contributed by atoms with van der Waals surface area (Å²) in [6.07, 6.45) is -0.873. The molecule has 1 atom stereocenters. The van der Waals surface area contributed by atoms with Crippen molar-refractivity contribution in [2.75, 3.05) is 13.2 Å². The van der Waals surface area contributed by atoms with E-state index < -0.39 is 19.4 Å². The van der Waals surface area contributed by atoms with Crippen molar-refractivity contribution < 1.29 is 32.6 Å². The SMILES string of the molecule is O=C(Oc1ccccc1)P(=O)(OCc1ccccc1)OC(COCc1ccccc1)COCc1ccccc1. The van der Waals surface area contributed by atoms with E-state index >= 15 is 0 Å². The molecule has 0 N–H and O–H groups in total. The number of hydrogen-bond acceptors (Lipinski definition) is 7. The molecule has 4 aromatic rings. The lowest BCUT2D eigenvalue weighted by Gasteiger charge is -2.23. The zero-order valence-corrected chi connectivity index (χ0v) is 22.4. The molecule has 0 saturated heterocycles. The van der Waals surface area contributed by atoms with Gasteiger partial charge in [0, 0.05) is 0 Å². The van der Waals surface area contributed by atoms with E-state index in [2.05, 4.69) is 0 Å². The highest BCUT2D eigenvalue weighted by Gasteiger charge is 2.40. The Morgan fingerprint density at radius 3 is 1.46 bits per heavy atom. The molecule has 0 aliphatic rings. The van der Waals surface area contributed by atoms with Crippen LogP contribution in [0.15, 0.2) is 121 Å². The Kier molecular flexibility index (Phi) is 11.0. The lowest BCUT2D eigenvalue weighted by Crippen LogP contribution is -2.27. The number of para-hydroxylation sites is 1. The average molecular weight is 547 g/mol. The Labute approximate surface area is 228 Å². The molecule has 0 fully saturated rings. The molecule has 0 saturated carbocycles. The number of carbonyl (C=O) groups is 1. The second-order valence-corrected chi connectivity index (χ2v) is 10.5. The van der Waals surface area contributed by atoms with E-state index in [0.29, 0.717) is 13.2 Å². The van der Waals surface area contributed by atoms with E-state index in [0.717, 1.165) is 16.7 Å². The maximum Gasteiger partial charge on any atom is 0.439 e. The summed E-state index contributed by atoms with van der Waals surface area (Å²) in [4.78, 5) is 13.2. The van der Waals surface area contributed by atoms with Gasteiger partial charge in [0.15, 0.2) is 0 Å². The highest BCUT2D eigenvalue weighted by atomic mass is 31.2. The van der Waals surface area contributed by atoms with Crippen LogP contribution in [0, 0.1) is 0 Å². The van der Waals surface area contributed by atoms with Crippen LogP contribution in [0.25, 0.3) is 0 Å². The summed E-state index contributed by atoms with van der Waals surface area (Å²) in [7, 11) is -4.44. The first-order chi connectivity index (χ1) is 19.1. The standard InChI is InChI=1S/C31H31O7P/c32-31(37-29-19-11-4-12-20-29)39(33,36-23-28-17-9-3-10-18-28)38-30(24-34-21-26-13-5-1-6-14-26)25-35-22-27-15-7-2-8-16-27/h1-20,30H,21-25H2. The molecule has 0 aliphatic heterocycles. The fourth-order valence-electron chi connectivity index (χ4n) is 3.58. The van der Waals surface area contributed by atoms with Crippen molar-refractivity contribution in [3.8, 4) is 5.75 Å². The van der Waals surface area contributed by atoms with Crippen LogP contribution in [0.2, 0.25) is 0 Å². The molecule has 0 heterocycles. The number of rotatable bonds is 15. The van der Waals surface area contributed by atoms with Gasteiger partial charge in [0.25, 0.3) is 0 Å². The molecule has 1 unspecified atom stereocenters. The van der Waals surface area contributed by atoms with Gasteiger partial charge in [-0.1, -0.05) is 109 Å². The summed E-state index contributed by atoms with van der Waals surface area (Å²) in [5.74, 6) is 0.229. The average Bonchev–Trinajstić information content (AvgIpc) is 2.98. The van der Waals surface area contributed by atoms with Gasteiger partial charge in [0.2, 0.25) is 0 Å². The molecule has 0 aliphatic carbocycles. The molecular weight excluding hydrogens is 515 g/mol. The van der Waals surface area contributed by atoms with Crippen LogP contribution in [-0.4, -0.2) is 25.0 Å². The minimum Gasteiger partial charge on any atom is -0.417 e. The second-order valence-electron chi connectivity index (χ2n) is 8.67. The van der Waals surface area contributed by atoms with E-state index in [1.54, 1.807) is 42.5 Å². The topological polar surface area (TPSA) is 80.3 Å². The molecule has 0 spiro atoms. The molecule has 0 bridgehead atoms. The number of benzene rings is 4. The second kappa shape index (κ2) is 15.1. The molecule has 0 amide bonds. The van der Waals surface area contributed by atoms with Crippen molar-refractivity contribution >= 4 is 13.3 Å². The summed E-state index contributed by atoms with van der Waals surface area (Å²) < 4.78 is 42.6. The zero-order valence-electron chi connectivity index (χ0n) is 21.5. The van der Waals surface area contributed by atoms with E-state index in [-0.39, 0.29) is 25.6 Å². The predicted molar refractivity (Wildman–Crippen MR) is 148 cm³/mol. The third-order valence-corrected chi connectivity index (χ3v) is 7.12. The van der Waals surface area contributed by atoms with Crippen molar-refractivity contribution in [3.05, 3.63) is 138 Å². The molecular formula is C31H31O7P.